The van der Waals surface area contributed by atoms with Gasteiger partial charge in [-0.25, -0.2) is 0 Å². The first-order chi connectivity index (χ1) is 10.1. The van der Waals surface area contributed by atoms with Crippen molar-refractivity contribution in [2.75, 3.05) is 26.2 Å². The van der Waals surface area contributed by atoms with Gasteiger partial charge in [0.15, 0.2) is 0 Å². The SMILES string of the molecule is CCNC1C(CN(CC2CC2)CC2CC2)CCCC1(C)C. The summed E-state index contributed by atoms with van der Waals surface area (Å²) in [4.78, 5) is 2.85. The van der Waals surface area contributed by atoms with Crippen LogP contribution in [0, 0.1) is 23.2 Å². The third-order valence-electron chi connectivity index (χ3n) is 6.05. The summed E-state index contributed by atoms with van der Waals surface area (Å²) in [7, 11) is 0. The number of rotatable bonds is 8. The molecule has 0 bridgehead atoms. The molecule has 3 rings (SSSR count). The van der Waals surface area contributed by atoms with Gasteiger partial charge in [0.1, 0.15) is 0 Å². The quantitative estimate of drug-likeness (QED) is 0.729. The summed E-state index contributed by atoms with van der Waals surface area (Å²) in [6, 6.07) is 0.720. The van der Waals surface area contributed by atoms with Crippen LogP contribution in [0.3, 0.4) is 0 Å². The molecule has 0 aromatic carbocycles. The molecule has 0 radical (unpaired) electrons. The topological polar surface area (TPSA) is 15.3 Å². The third-order valence-corrected chi connectivity index (χ3v) is 6.05. The van der Waals surface area contributed by atoms with Gasteiger partial charge in [0, 0.05) is 25.7 Å². The second kappa shape index (κ2) is 6.58. The van der Waals surface area contributed by atoms with Crippen LogP contribution in [0.25, 0.3) is 0 Å². The maximum Gasteiger partial charge on any atom is 0.0159 e. The minimum atomic E-state index is 0.476. The second-order valence-electron chi connectivity index (χ2n) is 8.78. The number of nitrogens with zero attached hydrogens (tertiary/aromatic N) is 1. The fourth-order valence-corrected chi connectivity index (χ4v) is 4.53. The molecule has 3 aliphatic rings. The first-order valence-electron chi connectivity index (χ1n) is 9.54. The van der Waals surface area contributed by atoms with Crippen molar-refractivity contribution in [1.82, 2.24) is 10.2 Å². The molecule has 1 N–H and O–H groups in total. The van der Waals surface area contributed by atoms with Gasteiger partial charge < -0.3 is 10.2 Å². The van der Waals surface area contributed by atoms with Gasteiger partial charge in [-0.1, -0.05) is 27.2 Å². The summed E-state index contributed by atoms with van der Waals surface area (Å²) in [5.41, 5.74) is 0.476. The first kappa shape index (κ1) is 15.8. The van der Waals surface area contributed by atoms with E-state index in [9.17, 15) is 0 Å². The van der Waals surface area contributed by atoms with E-state index in [1.54, 1.807) is 0 Å². The average Bonchev–Trinajstić information content (AvgIpc) is 3.29. The molecule has 2 unspecified atom stereocenters. The highest BCUT2D eigenvalue weighted by Crippen LogP contribution is 2.40. The van der Waals surface area contributed by atoms with Crippen molar-refractivity contribution in [3.05, 3.63) is 0 Å². The van der Waals surface area contributed by atoms with E-state index in [0.29, 0.717) is 5.41 Å². The van der Waals surface area contributed by atoms with E-state index < -0.39 is 0 Å². The first-order valence-corrected chi connectivity index (χ1v) is 9.54. The molecule has 0 aliphatic heterocycles. The van der Waals surface area contributed by atoms with Crippen LogP contribution in [0.2, 0.25) is 0 Å². The summed E-state index contributed by atoms with van der Waals surface area (Å²) >= 11 is 0. The van der Waals surface area contributed by atoms with Gasteiger partial charge >= 0.3 is 0 Å². The molecule has 3 fully saturated rings. The predicted octanol–water partition coefficient (Wildman–Crippen LogP) is 3.91. The molecule has 0 spiro atoms. The van der Waals surface area contributed by atoms with Crippen LogP contribution < -0.4 is 5.32 Å². The van der Waals surface area contributed by atoms with Crippen LogP contribution in [0.4, 0.5) is 0 Å². The summed E-state index contributed by atoms with van der Waals surface area (Å²) in [6.07, 6.45) is 10.2. The lowest BCUT2D eigenvalue weighted by Crippen LogP contribution is -2.53. The number of nitrogens with one attached hydrogen (secondary N) is 1. The van der Waals surface area contributed by atoms with Crippen molar-refractivity contribution >= 4 is 0 Å². The molecule has 2 nitrogen and oxygen atoms in total. The standard InChI is InChI=1S/C19H36N2/c1-4-20-18-17(6-5-11-19(18,2)3)14-21(12-15-7-8-15)13-16-9-10-16/h15-18,20H,4-14H2,1-3H3. The van der Waals surface area contributed by atoms with Gasteiger partial charge in [0.25, 0.3) is 0 Å². The Balaban J connectivity index is 1.60. The Kier molecular flexibility index (Phi) is 4.95. The van der Waals surface area contributed by atoms with E-state index in [4.69, 9.17) is 0 Å². The Morgan fingerprint density at radius 2 is 1.57 bits per heavy atom. The molecule has 122 valence electrons. The molecule has 0 amide bonds. The Labute approximate surface area is 132 Å². The van der Waals surface area contributed by atoms with E-state index in [0.717, 1.165) is 30.3 Å². The van der Waals surface area contributed by atoms with Gasteiger partial charge in [0.05, 0.1) is 0 Å². The summed E-state index contributed by atoms with van der Waals surface area (Å²) in [6.45, 7) is 12.5. The van der Waals surface area contributed by atoms with Crippen LogP contribution in [0.5, 0.6) is 0 Å². The fraction of sp³-hybridized carbons (Fsp3) is 1.00. The zero-order chi connectivity index (χ0) is 14.9. The molecule has 0 saturated heterocycles. The fourth-order valence-electron chi connectivity index (χ4n) is 4.53. The zero-order valence-electron chi connectivity index (χ0n) is 14.5. The van der Waals surface area contributed by atoms with E-state index in [1.807, 2.05) is 0 Å². The van der Waals surface area contributed by atoms with Crippen molar-refractivity contribution in [2.45, 2.75) is 71.8 Å². The molecular formula is C19H36N2. The van der Waals surface area contributed by atoms with Gasteiger partial charge in [-0.2, -0.15) is 0 Å². The van der Waals surface area contributed by atoms with Gasteiger partial charge in [-0.05, 0) is 68.2 Å². The Morgan fingerprint density at radius 1 is 0.952 bits per heavy atom. The molecule has 0 aromatic heterocycles. The summed E-state index contributed by atoms with van der Waals surface area (Å²) < 4.78 is 0. The number of hydrogen-bond acceptors (Lipinski definition) is 2. The predicted molar refractivity (Wildman–Crippen MR) is 90.5 cm³/mol. The van der Waals surface area contributed by atoms with Crippen LogP contribution in [0.15, 0.2) is 0 Å². The molecule has 2 heteroatoms. The van der Waals surface area contributed by atoms with Gasteiger partial charge in [-0.15, -0.1) is 0 Å². The lowest BCUT2D eigenvalue weighted by atomic mass is 9.67. The highest BCUT2D eigenvalue weighted by molar-refractivity contribution is 4.95. The van der Waals surface area contributed by atoms with E-state index in [1.165, 1.54) is 64.6 Å². The zero-order valence-corrected chi connectivity index (χ0v) is 14.5. The normalized spacial score (nSPS) is 32.6. The van der Waals surface area contributed by atoms with Crippen molar-refractivity contribution in [1.29, 1.82) is 0 Å². The van der Waals surface area contributed by atoms with Crippen LogP contribution in [-0.4, -0.2) is 37.1 Å². The number of hydrogen-bond donors (Lipinski definition) is 1. The van der Waals surface area contributed by atoms with Crippen LogP contribution in [0.1, 0.15) is 65.7 Å². The molecule has 21 heavy (non-hydrogen) atoms. The molecule has 3 aliphatic carbocycles. The highest BCUT2D eigenvalue weighted by atomic mass is 15.1. The Bertz CT molecular complexity index is 316. The maximum atomic E-state index is 3.84. The molecular weight excluding hydrogens is 256 g/mol. The van der Waals surface area contributed by atoms with Crippen LogP contribution in [-0.2, 0) is 0 Å². The van der Waals surface area contributed by atoms with Gasteiger partial charge in [-0.3, -0.25) is 0 Å². The molecule has 0 heterocycles. The van der Waals surface area contributed by atoms with Crippen molar-refractivity contribution < 1.29 is 0 Å². The lowest BCUT2D eigenvalue weighted by molar-refractivity contribution is 0.0767. The van der Waals surface area contributed by atoms with Crippen molar-refractivity contribution in [3.8, 4) is 0 Å². The van der Waals surface area contributed by atoms with Crippen LogP contribution >= 0.6 is 0 Å². The third kappa shape index (κ3) is 4.45. The van der Waals surface area contributed by atoms with Gasteiger partial charge in [0.2, 0.25) is 0 Å². The molecule has 3 saturated carbocycles. The minimum Gasteiger partial charge on any atom is -0.313 e. The second-order valence-corrected chi connectivity index (χ2v) is 8.78. The van der Waals surface area contributed by atoms with E-state index >= 15 is 0 Å². The molecule has 0 aromatic rings. The van der Waals surface area contributed by atoms with Crippen molar-refractivity contribution in [3.63, 3.8) is 0 Å². The minimum absolute atomic E-state index is 0.476. The Hall–Kier alpha value is -0.0800. The summed E-state index contributed by atoms with van der Waals surface area (Å²) in [5, 5.41) is 3.84. The Morgan fingerprint density at radius 3 is 2.10 bits per heavy atom. The average molecular weight is 293 g/mol. The highest BCUT2D eigenvalue weighted by Gasteiger charge is 2.40. The van der Waals surface area contributed by atoms with E-state index in [-0.39, 0.29) is 0 Å². The molecule has 2 atom stereocenters. The van der Waals surface area contributed by atoms with E-state index in [2.05, 4.69) is 31.0 Å². The summed E-state index contributed by atoms with van der Waals surface area (Å²) in [5.74, 6) is 2.95. The smallest absolute Gasteiger partial charge is 0.0159 e. The monoisotopic (exact) mass is 292 g/mol. The van der Waals surface area contributed by atoms with Crippen molar-refractivity contribution in [2.24, 2.45) is 23.2 Å². The maximum absolute atomic E-state index is 3.84. The lowest BCUT2D eigenvalue weighted by Gasteiger charge is -2.46. The largest absolute Gasteiger partial charge is 0.313 e.